The number of hydrogen-bond acceptors (Lipinski definition) is 6. The van der Waals surface area contributed by atoms with Gasteiger partial charge in [-0.2, -0.15) is 0 Å². The quantitative estimate of drug-likeness (QED) is 0.758. The van der Waals surface area contributed by atoms with Gasteiger partial charge in [0.25, 0.3) is 0 Å². The molecule has 0 unspecified atom stereocenters. The number of nitrogens with zero attached hydrogens (tertiary/aromatic N) is 4. The first-order valence-corrected chi connectivity index (χ1v) is 6.76. The predicted octanol–water partition coefficient (Wildman–Crippen LogP) is 0.242. The number of oxime groups is 1. The summed E-state index contributed by atoms with van der Waals surface area (Å²) in [7, 11) is -1.78. The topological polar surface area (TPSA) is 86.4 Å². The van der Waals surface area contributed by atoms with Gasteiger partial charge in [0, 0.05) is 13.5 Å². The van der Waals surface area contributed by atoms with E-state index in [2.05, 4.69) is 15.4 Å². The summed E-state index contributed by atoms with van der Waals surface area (Å²) in [6.07, 6.45) is 1.74. The van der Waals surface area contributed by atoms with E-state index in [1.165, 1.54) is 6.33 Å². The molecule has 0 saturated carbocycles. The Morgan fingerprint density at radius 3 is 2.71 bits per heavy atom. The second-order valence-corrected chi connectivity index (χ2v) is 6.62. The third-order valence-electron chi connectivity index (χ3n) is 2.45. The van der Waals surface area contributed by atoms with Crippen LogP contribution in [0.25, 0.3) is 0 Å². The zero-order valence-corrected chi connectivity index (χ0v) is 10.7. The van der Waals surface area contributed by atoms with E-state index in [-0.39, 0.29) is 17.2 Å². The van der Waals surface area contributed by atoms with E-state index >= 15 is 0 Å². The standard InChI is InChI=1S/C9H14N4O3S/c1-9(2)4-8(12-16-9)17(14,15)5-7-11-10-6-13(7)3/h6H,4-5H2,1-3H3. The van der Waals surface area contributed by atoms with E-state index in [9.17, 15) is 8.42 Å². The summed E-state index contributed by atoms with van der Waals surface area (Å²) in [4.78, 5) is 5.05. The molecule has 1 aromatic heterocycles. The van der Waals surface area contributed by atoms with Crippen LogP contribution < -0.4 is 0 Å². The van der Waals surface area contributed by atoms with Crippen molar-refractivity contribution in [3.63, 3.8) is 0 Å². The van der Waals surface area contributed by atoms with Gasteiger partial charge >= 0.3 is 0 Å². The van der Waals surface area contributed by atoms with Crippen molar-refractivity contribution in [2.24, 2.45) is 12.2 Å². The molecule has 2 rings (SSSR count). The lowest BCUT2D eigenvalue weighted by atomic mass is 10.1. The highest BCUT2D eigenvalue weighted by molar-refractivity contribution is 8.05. The number of rotatable bonds is 2. The van der Waals surface area contributed by atoms with Crippen LogP contribution in [-0.2, 0) is 27.5 Å². The molecular weight excluding hydrogens is 244 g/mol. The van der Waals surface area contributed by atoms with Crippen LogP contribution in [0.4, 0.5) is 0 Å². The molecule has 0 fully saturated rings. The molecule has 7 nitrogen and oxygen atoms in total. The highest BCUT2D eigenvalue weighted by Crippen LogP contribution is 2.25. The molecule has 2 heterocycles. The molecule has 1 aliphatic rings. The van der Waals surface area contributed by atoms with Crippen LogP contribution in [0.3, 0.4) is 0 Å². The lowest BCUT2D eigenvalue weighted by Crippen LogP contribution is -2.24. The van der Waals surface area contributed by atoms with Crippen LogP contribution >= 0.6 is 0 Å². The van der Waals surface area contributed by atoms with Crippen LogP contribution in [0.2, 0.25) is 0 Å². The zero-order valence-electron chi connectivity index (χ0n) is 9.91. The van der Waals surface area contributed by atoms with Gasteiger partial charge in [0.05, 0.1) is 0 Å². The largest absolute Gasteiger partial charge is 0.389 e. The Morgan fingerprint density at radius 2 is 2.24 bits per heavy atom. The smallest absolute Gasteiger partial charge is 0.202 e. The molecular formula is C9H14N4O3S. The molecule has 1 aliphatic heterocycles. The molecule has 1 aromatic rings. The summed E-state index contributed by atoms with van der Waals surface area (Å²) in [5, 5.41) is 11.1. The van der Waals surface area contributed by atoms with Crippen molar-refractivity contribution in [2.45, 2.75) is 31.6 Å². The number of hydrogen-bond donors (Lipinski definition) is 0. The Labute approximate surface area is 99.4 Å². The maximum absolute atomic E-state index is 12.0. The van der Waals surface area contributed by atoms with E-state index in [0.717, 1.165) is 0 Å². The number of sulfone groups is 1. The van der Waals surface area contributed by atoms with Crippen molar-refractivity contribution in [2.75, 3.05) is 0 Å². The maximum atomic E-state index is 12.0. The summed E-state index contributed by atoms with van der Waals surface area (Å²) < 4.78 is 25.7. The molecule has 0 amide bonds. The van der Waals surface area contributed by atoms with Crippen LogP contribution in [-0.4, -0.2) is 33.8 Å². The third kappa shape index (κ3) is 2.46. The molecule has 0 N–H and O–H groups in total. The summed E-state index contributed by atoms with van der Waals surface area (Å²) in [5.41, 5.74) is -0.553. The van der Waals surface area contributed by atoms with Crippen LogP contribution in [0, 0.1) is 0 Å². The van der Waals surface area contributed by atoms with Gasteiger partial charge in [-0.05, 0) is 13.8 Å². The molecule has 0 aromatic carbocycles. The molecule has 0 radical (unpaired) electrons. The summed E-state index contributed by atoms with van der Waals surface area (Å²) in [6.45, 7) is 3.59. The second kappa shape index (κ2) is 3.80. The molecule has 0 bridgehead atoms. The number of aryl methyl sites for hydroxylation is 1. The van der Waals surface area contributed by atoms with Gasteiger partial charge in [-0.3, -0.25) is 0 Å². The average molecular weight is 258 g/mol. The second-order valence-electron chi connectivity index (χ2n) is 4.63. The first-order valence-electron chi connectivity index (χ1n) is 5.11. The zero-order chi connectivity index (χ0) is 12.7. The van der Waals surface area contributed by atoms with Gasteiger partial charge < -0.3 is 9.40 Å². The SMILES string of the molecule is Cn1cnnc1CS(=O)(=O)C1=NOC(C)(C)C1. The lowest BCUT2D eigenvalue weighted by Gasteiger charge is -2.13. The molecule has 0 aliphatic carbocycles. The van der Waals surface area contributed by atoms with Gasteiger partial charge in [-0.25, -0.2) is 8.42 Å². The minimum atomic E-state index is -3.47. The van der Waals surface area contributed by atoms with E-state index in [4.69, 9.17) is 4.84 Å². The minimum Gasteiger partial charge on any atom is -0.389 e. The Kier molecular flexibility index (Phi) is 2.69. The van der Waals surface area contributed by atoms with E-state index in [1.54, 1.807) is 25.5 Å². The summed E-state index contributed by atoms with van der Waals surface area (Å²) >= 11 is 0. The van der Waals surface area contributed by atoms with Gasteiger partial charge in [0.15, 0.2) is 5.04 Å². The van der Waals surface area contributed by atoms with Crippen molar-refractivity contribution in [1.82, 2.24) is 14.8 Å². The fourth-order valence-electron chi connectivity index (χ4n) is 1.46. The predicted molar refractivity (Wildman–Crippen MR) is 60.8 cm³/mol. The Morgan fingerprint density at radius 1 is 1.53 bits per heavy atom. The molecule has 94 valence electrons. The molecule has 0 atom stereocenters. The Balaban J connectivity index is 2.19. The first kappa shape index (κ1) is 12.0. The molecule has 0 spiro atoms. The highest BCUT2D eigenvalue weighted by Gasteiger charge is 2.36. The van der Waals surface area contributed by atoms with Crippen LogP contribution in [0.5, 0.6) is 0 Å². The fraction of sp³-hybridized carbons (Fsp3) is 0.667. The third-order valence-corrected chi connectivity index (χ3v) is 4.03. The van der Waals surface area contributed by atoms with Crippen molar-refractivity contribution < 1.29 is 13.3 Å². The number of aromatic nitrogens is 3. The minimum absolute atomic E-state index is 0.0745. The van der Waals surface area contributed by atoms with Crippen molar-refractivity contribution >= 4 is 14.9 Å². The van der Waals surface area contributed by atoms with Gasteiger partial charge in [-0.1, -0.05) is 5.16 Å². The lowest BCUT2D eigenvalue weighted by molar-refractivity contribution is 0.0123. The van der Waals surface area contributed by atoms with Gasteiger partial charge in [-0.15, -0.1) is 10.2 Å². The van der Waals surface area contributed by atoms with Gasteiger partial charge in [0.1, 0.15) is 23.5 Å². The monoisotopic (exact) mass is 258 g/mol. The maximum Gasteiger partial charge on any atom is 0.202 e. The summed E-state index contributed by atoms with van der Waals surface area (Å²) in [5.74, 6) is 0.180. The van der Waals surface area contributed by atoms with E-state index in [1.807, 2.05) is 0 Å². The Hall–Kier alpha value is -1.44. The van der Waals surface area contributed by atoms with Crippen molar-refractivity contribution in [3.8, 4) is 0 Å². The van der Waals surface area contributed by atoms with Crippen molar-refractivity contribution in [1.29, 1.82) is 0 Å². The van der Waals surface area contributed by atoms with Gasteiger partial charge in [0.2, 0.25) is 9.84 Å². The van der Waals surface area contributed by atoms with Crippen LogP contribution in [0.1, 0.15) is 26.1 Å². The average Bonchev–Trinajstić information content (AvgIpc) is 2.74. The normalized spacial score (nSPS) is 18.9. The molecule has 17 heavy (non-hydrogen) atoms. The fourth-order valence-corrected chi connectivity index (χ4v) is 2.95. The first-order chi connectivity index (χ1) is 7.80. The highest BCUT2D eigenvalue weighted by atomic mass is 32.2. The molecule has 0 saturated heterocycles. The molecule has 8 heteroatoms. The Bertz CT molecular complexity index is 559. The van der Waals surface area contributed by atoms with Crippen molar-refractivity contribution in [3.05, 3.63) is 12.2 Å². The summed E-state index contributed by atoms with van der Waals surface area (Å²) in [6, 6.07) is 0. The van der Waals surface area contributed by atoms with E-state index < -0.39 is 15.4 Å². The van der Waals surface area contributed by atoms with Crippen LogP contribution in [0.15, 0.2) is 11.5 Å². The van der Waals surface area contributed by atoms with E-state index in [0.29, 0.717) is 5.82 Å².